The van der Waals surface area contributed by atoms with Crippen LogP contribution in [0.5, 0.6) is 11.5 Å². The van der Waals surface area contributed by atoms with Crippen molar-refractivity contribution in [2.24, 2.45) is 0 Å². The Balaban J connectivity index is 1.55. The number of hydrogen-bond donors (Lipinski definition) is 0. The Morgan fingerprint density at radius 3 is 1.09 bits per heavy atom. The van der Waals surface area contributed by atoms with Gasteiger partial charge < -0.3 is 9.47 Å². The molecule has 0 saturated carbocycles. The van der Waals surface area contributed by atoms with Gasteiger partial charge in [0.2, 0.25) is 0 Å². The summed E-state index contributed by atoms with van der Waals surface area (Å²) in [5.41, 5.74) is 0. The van der Waals surface area contributed by atoms with Gasteiger partial charge in [-0.15, -0.1) is 0 Å². The fourth-order valence-corrected chi connectivity index (χ4v) is 5.07. The van der Waals surface area contributed by atoms with E-state index in [0.717, 1.165) is 48.2 Å². The first-order valence-electron chi connectivity index (χ1n) is 13.7. The fraction of sp³-hybridized carbons (Fsp3) is 0.667. The van der Waals surface area contributed by atoms with Crippen molar-refractivity contribution >= 4 is 42.6 Å². The van der Waals surface area contributed by atoms with Crippen LogP contribution in [0.25, 0.3) is 10.8 Å². The van der Waals surface area contributed by atoms with Gasteiger partial charge in [0.05, 0.1) is 13.2 Å². The highest BCUT2D eigenvalue weighted by atomic mass is 79.9. The Hall–Kier alpha value is -0.740. The first-order valence-corrected chi connectivity index (χ1v) is 16.0. The van der Waals surface area contributed by atoms with Crippen molar-refractivity contribution in [1.29, 1.82) is 0 Å². The van der Waals surface area contributed by atoms with Gasteiger partial charge in [-0.3, -0.25) is 0 Å². The van der Waals surface area contributed by atoms with E-state index in [1.165, 1.54) is 101 Å². The van der Waals surface area contributed by atoms with Gasteiger partial charge in [-0.1, -0.05) is 121 Å². The second kappa shape index (κ2) is 20.5. The van der Waals surface area contributed by atoms with Crippen LogP contribution in [-0.2, 0) is 0 Å². The Morgan fingerprint density at radius 2 is 0.735 bits per heavy atom. The van der Waals surface area contributed by atoms with Gasteiger partial charge in [0.1, 0.15) is 11.5 Å². The Kier molecular flexibility index (Phi) is 17.7. The predicted octanol–water partition coefficient (Wildman–Crippen LogP) is 10.6. The molecule has 2 nitrogen and oxygen atoms in total. The van der Waals surface area contributed by atoms with Gasteiger partial charge in [0.15, 0.2) is 0 Å². The second-order valence-corrected chi connectivity index (χ2v) is 11.0. The summed E-state index contributed by atoms with van der Waals surface area (Å²) >= 11 is 7.00. The van der Waals surface area contributed by atoms with Crippen LogP contribution < -0.4 is 9.47 Å². The highest BCUT2D eigenvalue weighted by molar-refractivity contribution is 9.09. The van der Waals surface area contributed by atoms with Crippen molar-refractivity contribution in [3.05, 3.63) is 36.4 Å². The molecule has 0 spiro atoms. The van der Waals surface area contributed by atoms with Crippen molar-refractivity contribution in [3.63, 3.8) is 0 Å². The average molecular weight is 599 g/mol. The summed E-state index contributed by atoms with van der Waals surface area (Å²) in [6, 6.07) is 12.8. The molecule has 0 saturated heterocycles. The molecule has 2 aromatic rings. The molecule has 0 radical (unpaired) electrons. The minimum atomic E-state index is 0.813. The minimum absolute atomic E-state index is 0.813. The van der Waals surface area contributed by atoms with E-state index in [9.17, 15) is 0 Å². The predicted molar refractivity (Wildman–Crippen MR) is 156 cm³/mol. The van der Waals surface area contributed by atoms with E-state index in [-0.39, 0.29) is 0 Å². The summed E-state index contributed by atoms with van der Waals surface area (Å²) in [4.78, 5) is 0. The molecule has 4 heteroatoms. The van der Waals surface area contributed by atoms with Crippen molar-refractivity contribution < 1.29 is 9.47 Å². The molecule has 0 N–H and O–H groups in total. The van der Waals surface area contributed by atoms with Crippen LogP contribution >= 0.6 is 31.9 Å². The zero-order valence-electron chi connectivity index (χ0n) is 21.2. The molecule has 0 unspecified atom stereocenters. The van der Waals surface area contributed by atoms with Gasteiger partial charge in [-0.2, -0.15) is 0 Å². The molecule has 2 rings (SSSR count). The monoisotopic (exact) mass is 596 g/mol. The van der Waals surface area contributed by atoms with Crippen LogP contribution in [0.3, 0.4) is 0 Å². The maximum Gasteiger partial charge on any atom is 0.119 e. The summed E-state index contributed by atoms with van der Waals surface area (Å²) in [6.07, 6.45) is 21.1. The lowest BCUT2D eigenvalue weighted by Gasteiger charge is -2.10. The van der Waals surface area contributed by atoms with E-state index >= 15 is 0 Å². The molecule has 0 aromatic heterocycles. The highest BCUT2D eigenvalue weighted by Gasteiger charge is 2.02. The van der Waals surface area contributed by atoms with Crippen LogP contribution in [0.1, 0.15) is 103 Å². The molecule has 0 aliphatic heterocycles. The average Bonchev–Trinajstić information content (AvgIpc) is 2.86. The molecule has 0 bridgehead atoms. The number of benzene rings is 2. The summed E-state index contributed by atoms with van der Waals surface area (Å²) in [5, 5.41) is 4.72. The summed E-state index contributed by atoms with van der Waals surface area (Å²) < 4.78 is 12.0. The van der Waals surface area contributed by atoms with Gasteiger partial charge in [-0.25, -0.2) is 0 Å². The summed E-state index contributed by atoms with van der Waals surface area (Å²) in [5.74, 6) is 1.95. The molecule has 0 heterocycles. The van der Waals surface area contributed by atoms with E-state index in [0.29, 0.717) is 0 Å². The lowest BCUT2D eigenvalue weighted by Crippen LogP contribution is -1.98. The maximum atomic E-state index is 6.00. The third-order valence-corrected chi connectivity index (χ3v) is 7.50. The number of unbranched alkanes of at least 4 members (excludes halogenated alkanes) is 14. The van der Waals surface area contributed by atoms with Gasteiger partial charge in [0.25, 0.3) is 0 Å². The molecule has 0 aliphatic carbocycles. The zero-order valence-corrected chi connectivity index (χ0v) is 24.4. The molecule has 0 atom stereocenters. The van der Waals surface area contributed by atoms with Crippen molar-refractivity contribution in [3.8, 4) is 11.5 Å². The second-order valence-electron chi connectivity index (χ2n) is 9.40. The molecule has 2 aromatic carbocycles. The molecular formula is C30H46Br2O2. The number of halogens is 2. The topological polar surface area (TPSA) is 18.5 Å². The summed E-state index contributed by atoms with van der Waals surface area (Å²) in [6.45, 7) is 1.63. The van der Waals surface area contributed by atoms with Gasteiger partial charge in [-0.05, 0) is 60.7 Å². The van der Waals surface area contributed by atoms with Crippen molar-refractivity contribution in [1.82, 2.24) is 0 Å². The van der Waals surface area contributed by atoms with Crippen molar-refractivity contribution in [2.45, 2.75) is 103 Å². The van der Waals surface area contributed by atoms with Crippen LogP contribution in [0.2, 0.25) is 0 Å². The Labute approximate surface area is 225 Å². The molecule has 0 amide bonds. The number of ether oxygens (including phenoxy) is 2. The van der Waals surface area contributed by atoms with E-state index < -0.39 is 0 Å². The lowest BCUT2D eigenvalue weighted by molar-refractivity contribution is 0.304. The molecular weight excluding hydrogens is 552 g/mol. The quantitative estimate of drug-likeness (QED) is 0.0992. The normalized spacial score (nSPS) is 11.2. The number of alkyl halides is 2. The van der Waals surface area contributed by atoms with E-state index in [2.05, 4.69) is 68.3 Å². The number of fused-ring (bicyclic) bond motifs is 1. The Bertz CT molecular complexity index is 686. The van der Waals surface area contributed by atoms with Gasteiger partial charge in [0, 0.05) is 10.7 Å². The first-order chi connectivity index (χ1) is 16.8. The van der Waals surface area contributed by atoms with Crippen LogP contribution in [-0.4, -0.2) is 23.9 Å². The molecule has 192 valence electrons. The van der Waals surface area contributed by atoms with Crippen LogP contribution in [0.15, 0.2) is 36.4 Å². The third-order valence-electron chi connectivity index (χ3n) is 6.38. The molecule has 34 heavy (non-hydrogen) atoms. The molecule has 0 aliphatic rings. The first kappa shape index (κ1) is 29.5. The largest absolute Gasteiger partial charge is 0.494 e. The van der Waals surface area contributed by atoms with E-state index in [4.69, 9.17) is 9.47 Å². The zero-order chi connectivity index (χ0) is 24.1. The van der Waals surface area contributed by atoms with E-state index in [1.54, 1.807) is 0 Å². The third kappa shape index (κ3) is 14.0. The standard InChI is InChI=1S/C30H46Br2O2/c31-21-13-9-5-1-3-7-11-15-23-33-29-19-17-28-26-30(20-18-27(28)25-29)34-24-16-12-8-4-2-6-10-14-22-32/h17-20,25-26H,1-16,21-24H2. The highest BCUT2D eigenvalue weighted by Crippen LogP contribution is 2.25. The maximum absolute atomic E-state index is 6.00. The fourth-order valence-electron chi connectivity index (χ4n) is 4.28. The van der Waals surface area contributed by atoms with Crippen LogP contribution in [0.4, 0.5) is 0 Å². The Morgan fingerprint density at radius 1 is 0.412 bits per heavy atom. The van der Waals surface area contributed by atoms with E-state index in [1.807, 2.05) is 0 Å². The minimum Gasteiger partial charge on any atom is -0.494 e. The van der Waals surface area contributed by atoms with Crippen LogP contribution in [0, 0.1) is 0 Å². The molecule has 0 fully saturated rings. The summed E-state index contributed by atoms with van der Waals surface area (Å²) in [7, 11) is 0. The van der Waals surface area contributed by atoms with Gasteiger partial charge >= 0.3 is 0 Å². The number of rotatable bonds is 22. The number of hydrogen-bond acceptors (Lipinski definition) is 2. The van der Waals surface area contributed by atoms with Crippen molar-refractivity contribution in [2.75, 3.05) is 23.9 Å². The lowest BCUT2D eigenvalue weighted by atomic mass is 10.1. The SMILES string of the molecule is BrCCCCCCCCCCOc1ccc2cc(OCCCCCCCCCCBr)ccc2c1. The smallest absolute Gasteiger partial charge is 0.119 e.